The highest BCUT2D eigenvalue weighted by Gasteiger charge is 2.39. The van der Waals surface area contributed by atoms with E-state index >= 15 is 0 Å². The van der Waals surface area contributed by atoms with Gasteiger partial charge >= 0.3 is 0 Å². The number of aryl methyl sites for hydroxylation is 1. The molecule has 2 aromatic carbocycles. The smallest absolute Gasteiger partial charge is 0.241 e. The summed E-state index contributed by atoms with van der Waals surface area (Å²) in [6.07, 6.45) is 2.66. The van der Waals surface area contributed by atoms with Crippen LogP contribution in [0.15, 0.2) is 46.5 Å². The SMILES string of the molecule is CC(=O)N1N=C(c2ccc3c(c2)CCCN3C(=NC(C)C)c2ccc(Cl)c(Cl)c2)C(C)(C)SC1C=O. The number of carbonyl (C=O) groups excluding carboxylic acids is 2. The maximum absolute atomic E-state index is 12.2. The van der Waals surface area contributed by atoms with Gasteiger partial charge in [-0.2, -0.15) is 5.10 Å². The normalized spacial score (nSPS) is 19.7. The van der Waals surface area contributed by atoms with Gasteiger partial charge in [-0.05, 0) is 82.0 Å². The lowest BCUT2D eigenvalue weighted by Gasteiger charge is -2.38. The van der Waals surface area contributed by atoms with Gasteiger partial charge in [0.25, 0.3) is 0 Å². The van der Waals surface area contributed by atoms with E-state index < -0.39 is 10.1 Å². The number of nitrogens with zero attached hydrogens (tertiary/aromatic N) is 4. The Morgan fingerprint density at radius 1 is 1.19 bits per heavy atom. The van der Waals surface area contributed by atoms with Crippen LogP contribution in [-0.2, 0) is 16.0 Å². The average Bonchev–Trinajstić information content (AvgIpc) is 2.82. The molecule has 0 aromatic heterocycles. The minimum absolute atomic E-state index is 0.0943. The van der Waals surface area contributed by atoms with E-state index in [0.29, 0.717) is 10.0 Å². The fourth-order valence-electron chi connectivity index (χ4n) is 4.58. The van der Waals surface area contributed by atoms with E-state index in [9.17, 15) is 9.59 Å². The van der Waals surface area contributed by atoms with Crippen molar-refractivity contribution in [2.24, 2.45) is 10.1 Å². The summed E-state index contributed by atoms with van der Waals surface area (Å²) >= 11 is 14.0. The van der Waals surface area contributed by atoms with Crippen LogP contribution in [0, 0.1) is 0 Å². The molecule has 2 aliphatic rings. The molecule has 1 unspecified atom stereocenters. The lowest BCUT2D eigenvalue weighted by Crippen LogP contribution is -2.46. The predicted octanol–water partition coefficient (Wildman–Crippen LogP) is 6.20. The van der Waals surface area contributed by atoms with Crippen LogP contribution in [0.2, 0.25) is 10.0 Å². The second-order valence-electron chi connectivity index (χ2n) is 9.74. The molecule has 190 valence electrons. The summed E-state index contributed by atoms with van der Waals surface area (Å²) in [4.78, 5) is 31.0. The van der Waals surface area contributed by atoms with Crippen molar-refractivity contribution in [3.05, 3.63) is 63.1 Å². The van der Waals surface area contributed by atoms with Crippen molar-refractivity contribution in [3.63, 3.8) is 0 Å². The van der Waals surface area contributed by atoms with Gasteiger partial charge in [0.2, 0.25) is 5.91 Å². The molecule has 0 spiro atoms. The third-order valence-electron chi connectivity index (χ3n) is 6.16. The maximum Gasteiger partial charge on any atom is 0.241 e. The molecule has 9 heteroatoms. The van der Waals surface area contributed by atoms with Crippen molar-refractivity contribution in [2.75, 3.05) is 11.4 Å². The standard InChI is InChI=1S/C27H30Cl2N4O2S/c1-16(2)30-26(20-8-10-21(28)22(29)14-20)32-12-6-7-18-13-19(9-11-23(18)32)25-27(4,5)36-24(15-34)33(31-25)17(3)35/h8-11,13-16,24H,6-7,12H2,1-5H3. The number of hydrogen-bond acceptors (Lipinski definition) is 5. The predicted molar refractivity (Wildman–Crippen MR) is 151 cm³/mol. The summed E-state index contributed by atoms with van der Waals surface area (Å²) < 4.78 is -0.440. The zero-order valence-electron chi connectivity index (χ0n) is 21.1. The van der Waals surface area contributed by atoms with Crippen molar-refractivity contribution in [3.8, 4) is 0 Å². The number of hydrazone groups is 1. The Hall–Kier alpha value is -2.35. The molecule has 1 amide bonds. The van der Waals surface area contributed by atoms with Crippen molar-refractivity contribution >= 4 is 64.4 Å². The lowest BCUT2D eigenvalue weighted by atomic mass is 9.93. The topological polar surface area (TPSA) is 65.3 Å². The summed E-state index contributed by atoms with van der Waals surface area (Å²) in [7, 11) is 0. The van der Waals surface area contributed by atoms with Gasteiger partial charge in [-0.3, -0.25) is 14.6 Å². The van der Waals surface area contributed by atoms with E-state index in [4.69, 9.17) is 28.2 Å². The molecule has 6 nitrogen and oxygen atoms in total. The molecule has 0 bridgehead atoms. The number of amides is 1. The molecule has 0 radical (unpaired) electrons. The van der Waals surface area contributed by atoms with Crippen LogP contribution >= 0.6 is 35.0 Å². The number of thioether (sulfide) groups is 1. The summed E-state index contributed by atoms with van der Waals surface area (Å²) in [6.45, 7) is 10.4. The van der Waals surface area contributed by atoms with E-state index in [1.807, 2.05) is 32.0 Å². The van der Waals surface area contributed by atoms with Crippen LogP contribution in [0.25, 0.3) is 0 Å². The number of aliphatic imine (C=N–C) groups is 1. The number of anilines is 1. The Labute approximate surface area is 226 Å². The molecule has 2 aromatic rings. The van der Waals surface area contributed by atoms with Crippen LogP contribution in [0.5, 0.6) is 0 Å². The highest BCUT2D eigenvalue weighted by atomic mass is 35.5. The van der Waals surface area contributed by atoms with E-state index in [1.54, 1.807) is 6.07 Å². The number of halogens is 2. The molecule has 0 aliphatic carbocycles. The highest BCUT2D eigenvalue weighted by molar-refractivity contribution is 8.02. The Morgan fingerprint density at radius 2 is 1.94 bits per heavy atom. The quantitative estimate of drug-likeness (QED) is 0.261. The van der Waals surface area contributed by atoms with Crippen molar-refractivity contribution in [1.29, 1.82) is 0 Å². The second kappa shape index (κ2) is 10.6. The lowest BCUT2D eigenvalue weighted by molar-refractivity contribution is -0.132. The number of rotatable bonds is 4. The molecule has 0 saturated carbocycles. The largest absolute Gasteiger partial charge is 0.326 e. The summed E-state index contributed by atoms with van der Waals surface area (Å²) in [5, 5.41) is 6.31. The number of benzene rings is 2. The van der Waals surface area contributed by atoms with Gasteiger partial charge in [-0.25, -0.2) is 5.01 Å². The van der Waals surface area contributed by atoms with E-state index in [-0.39, 0.29) is 11.9 Å². The third-order valence-corrected chi connectivity index (χ3v) is 8.23. The van der Waals surface area contributed by atoms with Gasteiger partial charge in [0, 0.05) is 30.8 Å². The van der Waals surface area contributed by atoms with Gasteiger partial charge < -0.3 is 4.90 Å². The molecule has 0 saturated heterocycles. The minimum Gasteiger partial charge on any atom is -0.326 e. The highest BCUT2D eigenvalue weighted by Crippen LogP contribution is 2.39. The first-order valence-electron chi connectivity index (χ1n) is 12.0. The Bertz CT molecular complexity index is 1260. The molecule has 4 rings (SSSR count). The van der Waals surface area contributed by atoms with E-state index in [1.165, 1.54) is 29.3 Å². The van der Waals surface area contributed by atoms with Crippen LogP contribution in [-0.4, -0.2) is 51.5 Å². The molecule has 2 heterocycles. The third kappa shape index (κ3) is 5.34. The first-order chi connectivity index (χ1) is 17.0. The fraction of sp³-hybridized carbons (Fsp3) is 0.407. The van der Waals surface area contributed by atoms with Gasteiger partial charge in [0.1, 0.15) is 5.84 Å². The zero-order chi connectivity index (χ0) is 26.2. The maximum atomic E-state index is 12.2. The molecule has 0 N–H and O–H groups in total. The van der Waals surface area contributed by atoms with E-state index in [2.05, 4.69) is 36.0 Å². The average molecular weight is 546 g/mol. The van der Waals surface area contributed by atoms with E-state index in [0.717, 1.165) is 54.0 Å². The second-order valence-corrected chi connectivity index (χ2v) is 12.3. The van der Waals surface area contributed by atoms with Gasteiger partial charge in [0.15, 0.2) is 11.7 Å². The monoisotopic (exact) mass is 544 g/mol. The summed E-state index contributed by atoms with van der Waals surface area (Å²) in [6, 6.07) is 12.0. The number of carbonyl (C=O) groups is 2. The van der Waals surface area contributed by atoms with Crippen molar-refractivity contribution in [1.82, 2.24) is 5.01 Å². The number of amidine groups is 1. The molecule has 0 fully saturated rings. The molecule has 2 aliphatic heterocycles. The van der Waals surface area contributed by atoms with Crippen LogP contribution in [0.4, 0.5) is 5.69 Å². The van der Waals surface area contributed by atoms with Gasteiger partial charge in [0.05, 0.1) is 20.5 Å². The Morgan fingerprint density at radius 3 is 2.58 bits per heavy atom. The Balaban J connectivity index is 1.77. The van der Waals surface area contributed by atoms with Crippen molar-refractivity contribution in [2.45, 2.75) is 63.6 Å². The molecule has 1 atom stereocenters. The summed E-state index contributed by atoms with van der Waals surface area (Å²) in [5.74, 6) is 0.604. The first kappa shape index (κ1) is 26.7. The number of hydrogen-bond donors (Lipinski definition) is 0. The first-order valence-corrected chi connectivity index (χ1v) is 13.6. The molecule has 36 heavy (non-hydrogen) atoms. The molecular formula is C27H30Cl2N4O2S. The van der Waals surface area contributed by atoms with Gasteiger partial charge in [-0.1, -0.05) is 29.3 Å². The number of aldehydes is 1. The minimum atomic E-state index is -0.629. The van der Waals surface area contributed by atoms with Crippen LogP contribution in [0.1, 0.15) is 57.7 Å². The molecular weight excluding hydrogens is 515 g/mol. The number of fused-ring (bicyclic) bond motifs is 1. The Kier molecular flexibility index (Phi) is 7.83. The van der Waals surface area contributed by atoms with Crippen LogP contribution in [0.3, 0.4) is 0 Å². The summed E-state index contributed by atoms with van der Waals surface area (Å²) in [5.41, 5.74) is 4.92. The fourth-order valence-corrected chi connectivity index (χ4v) is 6.10. The van der Waals surface area contributed by atoms with Crippen molar-refractivity contribution < 1.29 is 9.59 Å². The van der Waals surface area contributed by atoms with Crippen LogP contribution < -0.4 is 4.90 Å². The zero-order valence-corrected chi connectivity index (χ0v) is 23.4. The van der Waals surface area contributed by atoms with Gasteiger partial charge in [-0.15, -0.1) is 11.8 Å².